The van der Waals surface area contributed by atoms with E-state index in [9.17, 15) is 22.1 Å². The van der Waals surface area contributed by atoms with Crippen LogP contribution in [0.5, 0.6) is 5.75 Å². The minimum Gasteiger partial charge on any atom is -0.489 e. The van der Waals surface area contributed by atoms with Crippen LogP contribution in [0.4, 0.5) is 5.69 Å². The highest BCUT2D eigenvalue weighted by molar-refractivity contribution is 7.90. The van der Waals surface area contributed by atoms with Gasteiger partial charge < -0.3 is 14.4 Å². The first-order valence-electron chi connectivity index (χ1n) is 16.0. The van der Waals surface area contributed by atoms with Gasteiger partial charge in [-0.05, 0) is 65.2 Å². The molecule has 0 unspecified atom stereocenters. The number of pyridine rings is 1. The van der Waals surface area contributed by atoms with E-state index in [0.717, 1.165) is 29.7 Å². The molecule has 0 radical (unpaired) electrons. The Labute approximate surface area is 286 Å². The monoisotopic (exact) mass is 697 g/mol. The van der Waals surface area contributed by atoms with E-state index < -0.39 is 20.0 Å². The Morgan fingerprint density at radius 2 is 1.55 bits per heavy atom. The fraction of sp³-hybridized carbons (Fsp3) is 0.278. The first-order chi connectivity index (χ1) is 23.6. The maximum absolute atomic E-state index is 14.3. The number of hydrogen-bond donors (Lipinski definition) is 0. The van der Waals surface area contributed by atoms with Crippen molar-refractivity contribution >= 4 is 36.8 Å². The Bertz CT molecular complexity index is 2250. The summed E-state index contributed by atoms with van der Waals surface area (Å²) >= 11 is 0. The van der Waals surface area contributed by atoms with Crippen molar-refractivity contribution in [2.75, 3.05) is 50.5 Å². The lowest BCUT2D eigenvalue weighted by Gasteiger charge is -2.34. The first kappa shape index (κ1) is 32.8. The summed E-state index contributed by atoms with van der Waals surface area (Å²) in [5, 5.41) is 10.7. The molecule has 0 aliphatic carbocycles. The van der Waals surface area contributed by atoms with Crippen molar-refractivity contribution in [1.82, 2.24) is 13.3 Å². The smallest absolute Gasteiger partial charge is 0.269 e. The molecule has 0 amide bonds. The molecule has 4 heterocycles. The number of aromatic nitrogens is 2. The summed E-state index contributed by atoms with van der Waals surface area (Å²) in [5.74, 6) is 0.506. The highest BCUT2D eigenvalue weighted by Gasteiger charge is 2.27. The second-order valence-electron chi connectivity index (χ2n) is 12.2. The maximum atomic E-state index is 14.3. The fourth-order valence-electron chi connectivity index (χ4n) is 6.45. The van der Waals surface area contributed by atoms with Crippen molar-refractivity contribution in [1.29, 1.82) is 5.26 Å². The van der Waals surface area contributed by atoms with E-state index in [-0.39, 0.29) is 16.6 Å². The summed E-state index contributed by atoms with van der Waals surface area (Å²) in [4.78, 5) is 6.82. The molecule has 13 heteroatoms. The Kier molecular flexibility index (Phi) is 8.89. The average molecular weight is 698 g/mol. The van der Waals surface area contributed by atoms with Crippen LogP contribution in [0, 0.1) is 11.3 Å². The van der Waals surface area contributed by atoms with Crippen LogP contribution in [-0.4, -0.2) is 81.8 Å². The molecule has 2 aliphatic heterocycles. The standard InChI is InChI=1S/C36H35N5O6S2/c1-48(42,43)40-19-17-39(18-20-40)29-10-7-26(8-11-29)34-24-33-32(13-16-38-36(33)41(34)49(44,45)31-5-3-2-4-6-31)27-9-12-35(28(23-27)25-37)47-30-14-21-46-22-15-30/h2-13,16,23-24,30H,14-15,17-22H2,1H3. The van der Waals surface area contributed by atoms with E-state index in [4.69, 9.17) is 9.47 Å². The van der Waals surface area contributed by atoms with Gasteiger partial charge in [0.25, 0.3) is 10.0 Å². The summed E-state index contributed by atoms with van der Waals surface area (Å²) in [6, 6.07) is 27.2. The highest BCUT2D eigenvalue weighted by Crippen LogP contribution is 2.38. The topological polar surface area (TPSA) is 135 Å². The second kappa shape index (κ2) is 13.3. The third-order valence-corrected chi connectivity index (χ3v) is 12.1. The van der Waals surface area contributed by atoms with E-state index in [1.54, 1.807) is 48.7 Å². The molecule has 0 bridgehead atoms. The van der Waals surface area contributed by atoms with Gasteiger partial charge in [0, 0.05) is 56.3 Å². The molecule has 2 aromatic heterocycles. The number of ether oxygens (including phenoxy) is 2. The van der Waals surface area contributed by atoms with Gasteiger partial charge in [-0.15, -0.1) is 0 Å². The molecule has 0 atom stereocenters. The minimum absolute atomic E-state index is 0.0254. The second-order valence-corrected chi connectivity index (χ2v) is 15.9. The molecular weight excluding hydrogens is 663 g/mol. The number of piperazine rings is 1. The first-order valence-corrected chi connectivity index (χ1v) is 19.3. The zero-order valence-corrected chi connectivity index (χ0v) is 28.5. The Balaban J connectivity index is 1.30. The molecular formula is C36H35N5O6S2. The van der Waals surface area contributed by atoms with Gasteiger partial charge in [0.05, 0.1) is 35.6 Å². The van der Waals surface area contributed by atoms with Crippen LogP contribution in [0.15, 0.2) is 96.0 Å². The lowest BCUT2D eigenvalue weighted by atomic mass is 10.0. The molecule has 252 valence electrons. The number of anilines is 1. The minimum atomic E-state index is -4.09. The van der Waals surface area contributed by atoms with Crippen LogP contribution in [0.3, 0.4) is 0 Å². The number of nitrogens with zero attached hydrogens (tertiary/aromatic N) is 5. The molecule has 0 saturated carbocycles. The third-order valence-electron chi connectivity index (χ3n) is 9.05. The molecule has 2 fully saturated rings. The predicted molar refractivity (Wildman–Crippen MR) is 187 cm³/mol. The molecule has 0 spiro atoms. The molecule has 2 aliphatic rings. The number of hydrogen-bond acceptors (Lipinski definition) is 9. The zero-order valence-electron chi connectivity index (χ0n) is 26.9. The van der Waals surface area contributed by atoms with E-state index >= 15 is 0 Å². The van der Waals surface area contributed by atoms with E-state index in [0.29, 0.717) is 67.3 Å². The average Bonchev–Trinajstić information content (AvgIpc) is 3.53. The van der Waals surface area contributed by atoms with E-state index in [2.05, 4.69) is 16.0 Å². The molecule has 11 nitrogen and oxygen atoms in total. The van der Waals surface area contributed by atoms with Crippen LogP contribution in [-0.2, 0) is 24.8 Å². The number of rotatable bonds is 8. The lowest BCUT2D eigenvalue weighted by Crippen LogP contribution is -2.48. The summed E-state index contributed by atoms with van der Waals surface area (Å²) in [6.07, 6.45) is 4.29. The van der Waals surface area contributed by atoms with Gasteiger partial charge in [-0.25, -0.2) is 25.8 Å². The van der Waals surface area contributed by atoms with Gasteiger partial charge in [-0.1, -0.05) is 36.4 Å². The van der Waals surface area contributed by atoms with Gasteiger partial charge in [-0.3, -0.25) is 0 Å². The molecule has 0 N–H and O–H groups in total. The van der Waals surface area contributed by atoms with Gasteiger partial charge in [0.2, 0.25) is 10.0 Å². The number of benzene rings is 3. The molecule has 3 aromatic carbocycles. The SMILES string of the molecule is CS(=O)(=O)N1CCN(c2ccc(-c3cc4c(-c5ccc(OC6CCOCC6)c(C#N)c5)ccnc4n3S(=O)(=O)c3ccccc3)cc2)CC1. The summed E-state index contributed by atoms with van der Waals surface area (Å²) in [7, 11) is -7.34. The van der Waals surface area contributed by atoms with Crippen molar-refractivity contribution in [3.05, 3.63) is 96.7 Å². The summed E-state index contributed by atoms with van der Waals surface area (Å²) in [5.41, 5.74) is 4.12. The molecule has 5 aromatic rings. The Morgan fingerprint density at radius 1 is 0.857 bits per heavy atom. The molecule has 49 heavy (non-hydrogen) atoms. The number of nitriles is 1. The van der Waals surface area contributed by atoms with Crippen molar-refractivity contribution in [2.24, 2.45) is 0 Å². The summed E-state index contributed by atoms with van der Waals surface area (Å²) in [6.45, 7) is 3.13. The summed E-state index contributed by atoms with van der Waals surface area (Å²) < 4.78 is 66.9. The van der Waals surface area contributed by atoms with Crippen LogP contribution in [0.1, 0.15) is 18.4 Å². The lowest BCUT2D eigenvalue weighted by molar-refractivity contribution is 0.0254. The van der Waals surface area contributed by atoms with E-state index in [1.165, 1.54) is 14.5 Å². The van der Waals surface area contributed by atoms with Crippen molar-refractivity contribution < 1.29 is 26.3 Å². The normalized spacial score (nSPS) is 16.4. The van der Waals surface area contributed by atoms with Crippen molar-refractivity contribution in [3.63, 3.8) is 0 Å². The van der Waals surface area contributed by atoms with Crippen LogP contribution in [0.2, 0.25) is 0 Å². The van der Waals surface area contributed by atoms with Gasteiger partial charge in [-0.2, -0.15) is 9.57 Å². The van der Waals surface area contributed by atoms with Gasteiger partial charge in [0.15, 0.2) is 5.65 Å². The number of sulfonamides is 1. The largest absolute Gasteiger partial charge is 0.489 e. The van der Waals surface area contributed by atoms with Crippen LogP contribution < -0.4 is 9.64 Å². The van der Waals surface area contributed by atoms with Crippen molar-refractivity contribution in [3.8, 4) is 34.2 Å². The van der Waals surface area contributed by atoms with Crippen LogP contribution in [0.25, 0.3) is 33.4 Å². The zero-order chi connectivity index (χ0) is 34.2. The fourth-order valence-corrected chi connectivity index (χ4v) is 8.78. The highest BCUT2D eigenvalue weighted by atomic mass is 32.2. The van der Waals surface area contributed by atoms with Crippen molar-refractivity contribution in [2.45, 2.75) is 23.8 Å². The third kappa shape index (κ3) is 6.52. The predicted octanol–water partition coefficient (Wildman–Crippen LogP) is 5.12. The maximum Gasteiger partial charge on any atom is 0.269 e. The number of fused-ring (bicyclic) bond motifs is 1. The van der Waals surface area contributed by atoms with Gasteiger partial charge in [0.1, 0.15) is 17.9 Å². The molecule has 2 saturated heterocycles. The quantitative estimate of drug-likeness (QED) is 0.217. The van der Waals surface area contributed by atoms with Gasteiger partial charge >= 0.3 is 0 Å². The Morgan fingerprint density at radius 3 is 2.22 bits per heavy atom. The Hall–Kier alpha value is -4.74. The molecule has 7 rings (SSSR count). The van der Waals surface area contributed by atoms with Crippen LogP contribution >= 0.6 is 0 Å². The van der Waals surface area contributed by atoms with E-state index in [1.807, 2.05) is 42.5 Å².